The van der Waals surface area contributed by atoms with Gasteiger partial charge in [-0.1, -0.05) is 11.8 Å². The molecule has 1 heterocycles. The number of rotatable bonds is 6. The summed E-state index contributed by atoms with van der Waals surface area (Å²) in [5.74, 6) is -0.624. The lowest BCUT2D eigenvalue weighted by atomic mass is 10.4. The Morgan fingerprint density at radius 3 is 2.76 bits per heavy atom. The van der Waals surface area contributed by atoms with Crippen molar-refractivity contribution in [2.45, 2.75) is 31.8 Å². The van der Waals surface area contributed by atoms with Crippen LogP contribution in [-0.2, 0) is 11.3 Å². The molecule has 0 fully saturated rings. The van der Waals surface area contributed by atoms with E-state index >= 15 is 0 Å². The van der Waals surface area contributed by atoms with Crippen LogP contribution in [0.3, 0.4) is 0 Å². The number of hydrogen-bond donors (Lipinski definition) is 1. The number of carbonyl (C=O) groups is 1. The van der Waals surface area contributed by atoms with Gasteiger partial charge in [0.15, 0.2) is 5.03 Å². The molecule has 1 aromatic heterocycles. The summed E-state index contributed by atoms with van der Waals surface area (Å²) in [7, 11) is 0. The van der Waals surface area contributed by atoms with Crippen molar-refractivity contribution >= 4 is 23.4 Å². The summed E-state index contributed by atoms with van der Waals surface area (Å²) in [5, 5.41) is 23.9. The second-order valence-corrected chi connectivity index (χ2v) is 4.39. The number of carboxylic acids is 1. The summed E-state index contributed by atoms with van der Waals surface area (Å²) in [6.07, 6.45) is -0.0320. The average molecular weight is 259 g/mol. The van der Waals surface area contributed by atoms with E-state index in [-0.39, 0.29) is 12.1 Å². The highest BCUT2D eigenvalue weighted by Gasteiger charge is 2.24. The molecule has 94 valence electrons. The lowest BCUT2D eigenvalue weighted by molar-refractivity contribution is -0.388. The molecule has 0 spiro atoms. The highest BCUT2D eigenvalue weighted by molar-refractivity contribution is 7.99. The number of carboxylic acid groups (broad SMARTS) is 1. The van der Waals surface area contributed by atoms with Gasteiger partial charge in [-0.3, -0.25) is 19.6 Å². The summed E-state index contributed by atoms with van der Waals surface area (Å²) in [6, 6.07) is 0. The van der Waals surface area contributed by atoms with Crippen LogP contribution in [0.5, 0.6) is 0 Å². The van der Waals surface area contributed by atoms with Gasteiger partial charge < -0.3 is 5.11 Å². The van der Waals surface area contributed by atoms with Crippen LogP contribution in [0, 0.1) is 17.0 Å². The van der Waals surface area contributed by atoms with Gasteiger partial charge >= 0.3 is 11.7 Å². The Balaban J connectivity index is 2.94. The van der Waals surface area contributed by atoms with E-state index < -0.39 is 10.9 Å². The topological polar surface area (TPSA) is 98.3 Å². The Hall–Kier alpha value is -1.57. The number of nitro groups is 1. The van der Waals surface area contributed by atoms with Crippen molar-refractivity contribution in [3.8, 4) is 0 Å². The predicted molar refractivity (Wildman–Crippen MR) is 62.3 cm³/mol. The predicted octanol–water partition coefficient (Wildman–Crippen LogP) is 1.69. The lowest BCUT2D eigenvalue weighted by Crippen LogP contribution is -2.01. The minimum absolute atomic E-state index is 0.0257. The molecule has 8 heteroatoms. The van der Waals surface area contributed by atoms with E-state index in [0.29, 0.717) is 23.0 Å². The molecule has 0 aliphatic rings. The molecule has 1 rings (SSSR count). The van der Waals surface area contributed by atoms with Crippen LogP contribution in [0.4, 0.5) is 5.69 Å². The van der Waals surface area contributed by atoms with E-state index in [2.05, 4.69) is 5.10 Å². The molecule has 7 nitrogen and oxygen atoms in total. The van der Waals surface area contributed by atoms with Gasteiger partial charge in [-0.15, -0.1) is 0 Å². The van der Waals surface area contributed by atoms with Crippen molar-refractivity contribution in [1.29, 1.82) is 0 Å². The average Bonchev–Trinajstić information content (AvgIpc) is 2.54. The monoisotopic (exact) mass is 259 g/mol. The molecule has 0 aliphatic carbocycles. The zero-order valence-electron chi connectivity index (χ0n) is 9.54. The number of hydrogen-bond acceptors (Lipinski definition) is 5. The third kappa shape index (κ3) is 3.19. The second-order valence-electron chi connectivity index (χ2n) is 3.30. The van der Waals surface area contributed by atoms with E-state index in [1.54, 1.807) is 6.92 Å². The van der Waals surface area contributed by atoms with E-state index in [4.69, 9.17) is 5.11 Å². The van der Waals surface area contributed by atoms with Crippen molar-refractivity contribution in [2.24, 2.45) is 0 Å². The van der Waals surface area contributed by atoms with Gasteiger partial charge in [0.25, 0.3) is 0 Å². The third-order valence-electron chi connectivity index (χ3n) is 2.09. The molecule has 1 aromatic rings. The molecule has 0 saturated carbocycles. The molecule has 0 atom stereocenters. The van der Waals surface area contributed by atoms with Gasteiger partial charge in [0.05, 0.1) is 11.3 Å². The number of thioether (sulfide) groups is 1. The maximum Gasteiger partial charge on any atom is 0.323 e. The normalized spacial score (nSPS) is 10.5. The van der Waals surface area contributed by atoms with Crippen molar-refractivity contribution in [1.82, 2.24) is 9.78 Å². The largest absolute Gasteiger partial charge is 0.481 e. The molecule has 17 heavy (non-hydrogen) atoms. The molecule has 0 unspecified atom stereocenters. The first kappa shape index (κ1) is 13.5. The standard InChI is InChI=1S/C9H13N3O4S/c1-3-11-9(17-5-4-7(13)14)8(12(15)16)6(2)10-11/h3-5H2,1-2H3,(H,13,14). The number of aryl methyl sites for hydroxylation is 2. The first-order valence-corrected chi connectivity index (χ1v) is 6.02. The van der Waals surface area contributed by atoms with Crippen LogP contribution in [0.15, 0.2) is 5.03 Å². The van der Waals surface area contributed by atoms with Gasteiger partial charge in [0.1, 0.15) is 5.69 Å². The number of nitrogens with zero attached hydrogens (tertiary/aromatic N) is 3. The Kier molecular flexibility index (Phi) is 4.50. The highest BCUT2D eigenvalue weighted by Crippen LogP contribution is 2.32. The minimum Gasteiger partial charge on any atom is -0.481 e. The highest BCUT2D eigenvalue weighted by atomic mass is 32.2. The van der Waals surface area contributed by atoms with Crippen molar-refractivity contribution in [3.05, 3.63) is 15.8 Å². The Labute approximate surface area is 102 Å². The SMILES string of the molecule is CCn1nc(C)c([N+](=O)[O-])c1SCCC(=O)O. The Bertz CT molecular complexity index is 444. The molecule has 0 amide bonds. The fourth-order valence-corrected chi connectivity index (χ4v) is 2.50. The Morgan fingerprint density at radius 2 is 2.29 bits per heavy atom. The summed E-state index contributed by atoms with van der Waals surface area (Å²) < 4.78 is 1.53. The van der Waals surface area contributed by atoms with Crippen molar-refractivity contribution in [3.63, 3.8) is 0 Å². The summed E-state index contributed by atoms with van der Waals surface area (Å²) in [6.45, 7) is 3.92. The van der Waals surface area contributed by atoms with Gasteiger partial charge in [-0.25, -0.2) is 0 Å². The quantitative estimate of drug-likeness (QED) is 0.474. The molecule has 0 radical (unpaired) electrons. The van der Waals surface area contributed by atoms with Crippen LogP contribution >= 0.6 is 11.8 Å². The number of aromatic nitrogens is 2. The van der Waals surface area contributed by atoms with E-state index in [9.17, 15) is 14.9 Å². The van der Waals surface area contributed by atoms with Crippen LogP contribution in [0.25, 0.3) is 0 Å². The lowest BCUT2D eigenvalue weighted by Gasteiger charge is -2.02. The van der Waals surface area contributed by atoms with Gasteiger partial charge in [-0.05, 0) is 13.8 Å². The fraction of sp³-hybridized carbons (Fsp3) is 0.556. The Morgan fingerprint density at radius 1 is 1.65 bits per heavy atom. The maximum absolute atomic E-state index is 10.9. The van der Waals surface area contributed by atoms with E-state index in [1.165, 1.54) is 4.68 Å². The van der Waals surface area contributed by atoms with Crippen molar-refractivity contribution < 1.29 is 14.8 Å². The summed E-state index contributed by atoms with van der Waals surface area (Å²) in [4.78, 5) is 20.8. The van der Waals surface area contributed by atoms with Gasteiger partial charge in [0.2, 0.25) is 0 Å². The van der Waals surface area contributed by atoms with Gasteiger partial charge in [-0.2, -0.15) is 5.10 Å². The van der Waals surface area contributed by atoms with E-state index in [1.807, 2.05) is 6.92 Å². The molecular weight excluding hydrogens is 246 g/mol. The first-order valence-electron chi connectivity index (χ1n) is 5.03. The van der Waals surface area contributed by atoms with E-state index in [0.717, 1.165) is 11.8 Å². The van der Waals surface area contributed by atoms with Crippen LogP contribution in [-0.4, -0.2) is 31.5 Å². The maximum atomic E-state index is 10.9. The molecule has 0 aliphatic heterocycles. The van der Waals surface area contributed by atoms with Crippen LogP contribution in [0.2, 0.25) is 0 Å². The van der Waals surface area contributed by atoms with Crippen molar-refractivity contribution in [2.75, 3.05) is 5.75 Å². The van der Waals surface area contributed by atoms with Gasteiger partial charge in [0, 0.05) is 12.3 Å². The smallest absolute Gasteiger partial charge is 0.323 e. The molecule has 1 N–H and O–H groups in total. The first-order chi connectivity index (χ1) is 7.97. The number of aliphatic carboxylic acids is 1. The summed E-state index contributed by atoms with van der Waals surface area (Å²) >= 11 is 1.15. The second kappa shape index (κ2) is 5.67. The minimum atomic E-state index is -0.917. The molecule has 0 bridgehead atoms. The zero-order chi connectivity index (χ0) is 13.0. The van der Waals surface area contributed by atoms with Crippen LogP contribution in [0.1, 0.15) is 19.0 Å². The molecular formula is C9H13N3O4S. The third-order valence-corrected chi connectivity index (χ3v) is 3.17. The fourth-order valence-electron chi connectivity index (χ4n) is 1.35. The molecule has 0 saturated heterocycles. The van der Waals surface area contributed by atoms with Crippen LogP contribution < -0.4 is 0 Å². The molecule has 0 aromatic carbocycles. The zero-order valence-corrected chi connectivity index (χ0v) is 10.4. The summed E-state index contributed by atoms with van der Waals surface area (Å²) in [5.41, 5.74) is 0.330.